The number of hydrogen-bond acceptors (Lipinski definition) is 4. The van der Waals surface area contributed by atoms with Crippen molar-refractivity contribution < 1.29 is 9.59 Å². The predicted molar refractivity (Wildman–Crippen MR) is 115 cm³/mol. The third-order valence-electron chi connectivity index (χ3n) is 4.36. The summed E-state index contributed by atoms with van der Waals surface area (Å²) in [4.78, 5) is 28.8. The number of nitrogens with one attached hydrogen (secondary N) is 2. The molecule has 0 unspecified atom stereocenters. The second kappa shape index (κ2) is 9.48. The molecule has 3 aromatic rings. The molecule has 30 heavy (non-hydrogen) atoms. The normalized spacial score (nSPS) is 10.3. The van der Waals surface area contributed by atoms with Crippen LogP contribution in [0.5, 0.6) is 0 Å². The molecule has 0 saturated heterocycles. The van der Waals surface area contributed by atoms with Gasteiger partial charge < -0.3 is 10.6 Å². The molecule has 0 atom stereocenters. The highest BCUT2D eigenvalue weighted by atomic mass is 16.2. The van der Waals surface area contributed by atoms with E-state index in [0.717, 1.165) is 16.7 Å². The molecule has 2 amide bonds. The van der Waals surface area contributed by atoms with E-state index in [4.69, 9.17) is 5.26 Å². The van der Waals surface area contributed by atoms with Gasteiger partial charge in [0.1, 0.15) is 11.4 Å². The van der Waals surface area contributed by atoms with E-state index < -0.39 is 0 Å². The lowest BCUT2D eigenvalue weighted by molar-refractivity contribution is 0.0936. The van der Waals surface area contributed by atoms with Gasteiger partial charge in [-0.15, -0.1) is 0 Å². The first-order valence-corrected chi connectivity index (χ1v) is 9.62. The Hall–Kier alpha value is -3.98. The minimum Gasteiger partial charge on any atom is -0.349 e. The van der Waals surface area contributed by atoms with Crippen molar-refractivity contribution in [2.75, 3.05) is 0 Å². The minimum atomic E-state index is -0.349. The SMILES string of the molecule is CC(C)NC(=O)c1cccc(C(=O)NCc2cccc(-c3ccc(C#N)cc3)c2)n1. The van der Waals surface area contributed by atoms with Crippen molar-refractivity contribution in [2.24, 2.45) is 0 Å². The fourth-order valence-corrected chi connectivity index (χ4v) is 2.89. The monoisotopic (exact) mass is 398 g/mol. The summed E-state index contributed by atoms with van der Waals surface area (Å²) in [6, 6.07) is 22.0. The maximum Gasteiger partial charge on any atom is 0.270 e. The van der Waals surface area contributed by atoms with Crippen molar-refractivity contribution >= 4 is 11.8 Å². The van der Waals surface area contributed by atoms with Crippen molar-refractivity contribution in [2.45, 2.75) is 26.4 Å². The zero-order valence-corrected chi connectivity index (χ0v) is 16.8. The Morgan fingerprint density at radius 1 is 0.933 bits per heavy atom. The summed E-state index contributed by atoms with van der Waals surface area (Å²) in [6.45, 7) is 4.05. The van der Waals surface area contributed by atoms with Crippen LogP contribution in [0.1, 0.15) is 46.0 Å². The summed E-state index contributed by atoms with van der Waals surface area (Å²) in [6.07, 6.45) is 0. The van der Waals surface area contributed by atoms with E-state index >= 15 is 0 Å². The molecular formula is C24H22N4O2. The van der Waals surface area contributed by atoms with Gasteiger partial charge in [0.05, 0.1) is 11.6 Å². The van der Waals surface area contributed by atoms with E-state index in [9.17, 15) is 9.59 Å². The molecule has 150 valence electrons. The van der Waals surface area contributed by atoms with Gasteiger partial charge in [0.15, 0.2) is 0 Å². The van der Waals surface area contributed by atoms with Crippen molar-refractivity contribution in [1.29, 1.82) is 5.26 Å². The van der Waals surface area contributed by atoms with E-state index in [0.29, 0.717) is 12.1 Å². The maximum atomic E-state index is 12.5. The van der Waals surface area contributed by atoms with Crippen LogP contribution in [0.3, 0.4) is 0 Å². The molecule has 3 rings (SSSR count). The van der Waals surface area contributed by atoms with Gasteiger partial charge in [0.25, 0.3) is 11.8 Å². The Bertz CT molecular complexity index is 1100. The van der Waals surface area contributed by atoms with Crippen LogP contribution in [0.4, 0.5) is 0 Å². The Morgan fingerprint density at radius 2 is 1.60 bits per heavy atom. The van der Waals surface area contributed by atoms with Gasteiger partial charge in [0.2, 0.25) is 0 Å². The van der Waals surface area contributed by atoms with Crippen molar-refractivity contribution in [1.82, 2.24) is 15.6 Å². The molecule has 0 aliphatic rings. The first kappa shape index (κ1) is 20.7. The van der Waals surface area contributed by atoms with E-state index in [1.54, 1.807) is 30.3 Å². The molecule has 2 N–H and O–H groups in total. The first-order valence-electron chi connectivity index (χ1n) is 9.62. The van der Waals surface area contributed by atoms with Crippen LogP contribution >= 0.6 is 0 Å². The number of nitrogens with zero attached hydrogens (tertiary/aromatic N) is 2. The van der Waals surface area contributed by atoms with E-state index in [-0.39, 0.29) is 29.2 Å². The highest BCUT2D eigenvalue weighted by molar-refractivity contribution is 5.96. The first-order chi connectivity index (χ1) is 14.5. The number of nitriles is 1. The van der Waals surface area contributed by atoms with Crippen LogP contribution in [-0.2, 0) is 6.54 Å². The number of carbonyl (C=O) groups excluding carboxylic acids is 2. The number of amides is 2. The maximum absolute atomic E-state index is 12.5. The second-order valence-electron chi connectivity index (χ2n) is 7.11. The average molecular weight is 398 g/mol. The fraction of sp³-hybridized carbons (Fsp3) is 0.167. The zero-order chi connectivity index (χ0) is 21.5. The summed E-state index contributed by atoms with van der Waals surface area (Å²) in [5.41, 5.74) is 3.93. The topological polar surface area (TPSA) is 94.9 Å². The average Bonchev–Trinajstić information content (AvgIpc) is 2.77. The molecule has 6 heteroatoms. The smallest absolute Gasteiger partial charge is 0.270 e. The van der Waals surface area contributed by atoms with Gasteiger partial charge in [-0.05, 0) is 60.9 Å². The summed E-state index contributed by atoms with van der Waals surface area (Å²) in [5.74, 6) is -0.659. The molecule has 0 spiro atoms. The Labute approximate surface area is 175 Å². The quantitative estimate of drug-likeness (QED) is 0.662. The van der Waals surface area contributed by atoms with Gasteiger partial charge in [0, 0.05) is 12.6 Å². The second-order valence-corrected chi connectivity index (χ2v) is 7.11. The molecule has 0 aliphatic carbocycles. The Kier molecular flexibility index (Phi) is 6.56. The largest absolute Gasteiger partial charge is 0.349 e. The van der Waals surface area contributed by atoms with Crippen LogP contribution in [0.25, 0.3) is 11.1 Å². The Balaban J connectivity index is 1.68. The molecule has 0 saturated carbocycles. The lowest BCUT2D eigenvalue weighted by Gasteiger charge is -2.10. The number of pyridine rings is 1. The third kappa shape index (κ3) is 5.30. The summed E-state index contributed by atoms with van der Waals surface area (Å²) >= 11 is 0. The van der Waals surface area contributed by atoms with E-state index in [2.05, 4.69) is 21.7 Å². The van der Waals surface area contributed by atoms with Gasteiger partial charge >= 0.3 is 0 Å². The summed E-state index contributed by atoms with van der Waals surface area (Å²) in [7, 11) is 0. The number of hydrogen-bond donors (Lipinski definition) is 2. The molecule has 1 aromatic heterocycles. The van der Waals surface area contributed by atoms with E-state index in [1.165, 1.54) is 0 Å². The number of benzene rings is 2. The Morgan fingerprint density at radius 3 is 2.27 bits per heavy atom. The molecular weight excluding hydrogens is 376 g/mol. The van der Waals surface area contributed by atoms with Gasteiger partial charge in [-0.25, -0.2) is 4.98 Å². The molecule has 0 bridgehead atoms. The van der Waals surface area contributed by atoms with Crippen LogP contribution in [0.15, 0.2) is 66.7 Å². The summed E-state index contributed by atoms with van der Waals surface area (Å²) in [5, 5.41) is 14.5. The molecule has 1 heterocycles. The highest BCUT2D eigenvalue weighted by Gasteiger charge is 2.13. The standard InChI is InChI=1S/C24H22N4O2/c1-16(2)27-24(30)22-8-4-7-21(28-22)23(29)26-15-18-5-3-6-20(13-18)19-11-9-17(14-25)10-12-19/h3-13,16H,15H2,1-2H3,(H,26,29)(H,27,30). The van der Waals surface area contributed by atoms with Crippen LogP contribution in [0.2, 0.25) is 0 Å². The fourth-order valence-electron chi connectivity index (χ4n) is 2.89. The van der Waals surface area contributed by atoms with Crippen molar-refractivity contribution in [3.8, 4) is 17.2 Å². The molecule has 6 nitrogen and oxygen atoms in total. The lowest BCUT2D eigenvalue weighted by atomic mass is 10.0. The van der Waals surface area contributed by atoms with Crippen molar-refractivity contribution in [3.05, 3.63) is 89.2 Å². The minimum absolute atomic E-state index is 0.0137. The van der Waals surface area contributed by atoms with Gasteiger partial charge in [-0.3, -0.25) is 9.59 Å². The summed E-state index contributed by atoms with van der Waals surface area (Å²) < 4.78 is 0. The third-order valence-corrected chi connectivity index (χ3v) is 4.36. The predicted octanol–water partition coefficient (Wildman–Crippen LogP) is 3.69. The molecule has 0 fully saturated rings. The number of carbonyl (C=O) groups is 2. The van der Waals surface area contributed by atoms with Crippen LogP contribution in [0, 0.1) is 11.3 Å². The number of rotatable bonds is 6. The van der Waals surface area contributed by atoms with Gasteiger partial charge in [-0.1, -0.05) is 36.4 Å². The molecule has 0 aliphatic heterocycles. The van der Waals surface area contributed by atoms with Gasteiger partial charge in [-0.2, -0.15) is 5.26 Å². The van der Waals surface area contributed by atoms with Crippen LogP contribution < -0.4 is 10.6 Å². The molecule has 0 radical (unpaired) electrons. The zero-order valence-electron chi connectivity index (χ0n) is 16.8. The van der Waals surface area contributed by atoms with Crippen molar-refractivity contribution in [3.63, 3.8) is 0 Å². The van der Waals surface area contributed by atoms with E-state index in [1.807, 2.05) is 50.2 Å². The highest BCUT2D eigenvalue weighted by Crippen LogP contribution is 2.21. The lowest BCUT2D eigenvalue weighted by Crippen LogP contribution is -2.31. The number of aromatic nitrogens is 1. The molecule has 2 aromatic carbocycles. The van der Waals surface area contributed by atoms with Crippen LogP contribution in [-0.4, -0.2) is 22.8 Å².